The van der Waals surface area contributed by atoms with Crippen molar-refractivity contribution in [1.29, 1.82) is 5.26 Å². The van der Waals surface area contributed by atoms with Crippen molar-refractivity contribution >= 4 is 11.8 Å². The summed E-state index contributed by atoms with van der Waals surface area (Å²) < 4.78 is 5.44. The molecule has 1 N–H and O–H groups in total. The number of ether oxygens (including phenoxy) is 1. The lowest BCUT2D eigenvalue weighted by Crippen LogP contribution is -2.42. The molecule has 24 heavy (non-hydrogen) atoms. The van der Waals surface area contributed by atoms with Crippen LogP contribution < -0.4 is 10.1 Å². The molecule has 1 heterocycles. The number of nitriles is 1. The lowest BCUT2D eigenvalue weighted by molar-refractivity contribution is -0.131. The number of rotatable bonds is 6. The van der Waals surface area contributed by atoms with Crippen molar-refractivity contribution in [3.05, 3.63) is 29.8 Å². The number of likely N-dealkylation sites (tertiary alicyclic amines) is 1. The van der Waals surface area contributed by atoms with Crippen molar-refractivity contribution in [1.82, 2.24) is 10.2 Å². The average molecular weight is 329 g/mol. The van der Waals surface area contributed by atoms with Gasteiger partial charge in [-0.2, -0.15) is 5.26 Å². The molecule has 2 amide bonds. The first-order chi connectivity index (χ1) is 11.6. The number of hydrogen-bond acceptors (Lipinski definition) is 4. The quantitative estimate of drug-likeness (QED) is 0.860. The number of carbonyl (C=O) groups excluding carboxylic acids is 2. The summed E-state index contributed by atoms with van der Waals surface area (Å²) in [4.78, 5) is 25.2. The average Bonchev–Trinajstić information content (AvgIpc) is 2.60. The van der Waals surface area contributed by atoms with E-state index in [1.54, 1.807) is 4.90 Å². The van der Waals surface area contributed by atoms with Crippen LogP contribution in [0.1, 0.15) is 24.8 Å². The zero-order valence-electron chi connectivity index (χ0n) is 14.0. The highest BCUT2D eigenvalue weighted by Gasteiger charge is 2.22. The molecule has 1 saturated heterocycles. The number of amides is 2. The summed E-state index contributed by atoms with van der Waals surface area (Å²) >= 11 is 0. The van der Waals surface area contributed by atoms with E-state index < -0.39 is 0 Å². The first kappa shape index (κ1) is 17.8. The van der Waals surface area contributed by atoms with Gasteiger partial charge in [0.25, 0.3) is 5.91 Å². The molecule has 0 saturated carbocycles. The molecule has 1 fully saturated rings. The fourth-order valence-corrected chi connectivity index (χ4v) is 2.66. The van der Waals surface area contributed by atoms with Crippen LogP contribution in [0.4, 0.5) is 0 Å². The Balaban J connectivity index is 1.63. The summed E-state index contributed by atoms with van der Waals surface area (Å²) in [5.41, 5.74) is 1.14. The third-order valence-corrected chi connectivity index (χ3v) is 4.18. The summed E-state index contributed by atoms with van der Waals surface area (Å²) in [6.45, 7) is 3.90. The normalized spacial score (nSPS) is 14.8. The number of nitrogens with one attached hydrogen (secondary N) is 1. The van der Waals surface area contributed by atoms with Crippen LogP contribution in [0.2, 0.25) is 0 Å². The Kier molecular flexibility index (Phi) is 6.62. The van der Waals surface area contributed by atoms with Crippen LogP contribution in [0.5, 0.6) is 5.75 Å². The fraction of sp³-hybridized carbons (Fsp3) is 0.500. The molecule has 0 radical (unpaired) electrons. The lowest BCUT2D eigenvalue weighted by Gasteiger charge is -2.31. The van der Waals surface area contributed by atoms with Gasteiger partial charge in [0.1, 0.15) is 12.2 Å². The van der Waals surface area contributed by atoms with E-state index in [0.29, 0.717) is 31.3 Å². The van der Waals surface area contributed by atoms with Crippen LogP contribution in [-0.2, 0) is 9.59 Å². The van der Waals surface area contributed by atoms with Crippen LogP contribution in [0.15, 0.2) is 24.3 Å². The molecule has 1 aromatic rings. The fourth-order valence-electron chi connectivity index (χ4n) is 2.66. The number of aryl methyl sites for hydroxylation is 1. The van der Waals surface area contributed by atoms with E-state index in [1.807, 2.05) is 37.3 Å². The minimum Gasteiger partial charge on any atom is -0.484 e. The van der Waals surface area contributed by atoms with Gasteiger partial charge in [-0.15, -0.1) is 0 Å². The predicted molar refractivity (Wildman–Crippen MR) is 89.2 cm³/mol. The van der Waals surface area contributed by atoms with E-state index in [4.69, 9.17) is 10.00 Å². The monoisotopic (exact) mass is 329 g/mol. The molecular weight excluding hydrogens is 306 g/mol. The zero-order chi connectivity index (χ0) is 17.4. The second-order valence-electron chi connectivity index (χ2n) is 6.06. The van der Waals surface area contributed by atoms with Gasteiger partial charge in [0.15, 0.2) is 6.61 Å². The van der Waals surface area contributed by atoms with Gasteiger partial charge in [-0.1, -0.05) is 17.7 Å². The second-order valence-corrected chi connectivity index (χ2v) is 6.06. The van der Waals surface area contributed by atoms with Gasteiger partial charge in [-0.05, 0) is 37.8 Å². The Morgan fingerprint density at radius 1 is 1.29 bits per heavy atom. The van der Waals surface area contributed by atoms with Gasteiger partial charge in [0.05, 0.1) is 6.07 Å². The van der Waals surface area contributed by atoms with E-state index in [-0.39, 0.29) is 24.8 Å². The third-order valence-electron chi connectivity index (χ3n) is 4.18. The molecule has 6 heteroatoms. The first-order valence-electron chi connectivity index (χ1n) is 8.19. The molecule has 0 unspecified atom stereocenters. The van der Waals surface area contributed by atoms with Gasteiger partial charge in [0.2, 0.25) is 5.91 Å². The Labute approximate surface area is 142 Å². The maximum Gasteiger partial charge on any atom is 0.257 e. The highest BCUT2D eigenvalue weighted by molar-refractivity contribution is 5.78. The molecule has 128 valence electrons. The third kappa shape index (κ3) is 5.58. The summed E-state index contributed by atoms with van der Waals surface area (Å²) in [5.74, 6) is 0.796. The van der Waals surface area contributed by atoms with E-state index in [2.05, 4.69) is 5.32 Å². The number of piperidine rings is 1. The minimum atomic E-state index is -0.140. The summed E-state index contributed by atoms with van der Waals surface area (Å²) in [7, 11) is 0. The highest BCUT2D eigenvalue weighted by atomic mass is 16.5. The maximum absolute atomic E-state index is 11.8. The van der Waals surface area contributed by atoms with Gasteiger partial charge in [-0.25, -0.2) is 0 Å². The molecule has 6 nitrogen and oxygen atoms in total. The summed E-state index contributed by atoms with van der Waals surface area (Å²) in [6, 6.07) is 9.45. The standard InChI is InChI=1S/C18H23N3O3/c1-14-2-4-16(5-3-14)24-13-17(22)20-12-15-7-10-21(11-8-15)18(23)6-9-19/h2-5,15H,6-8,10-13H2,1H3,(H,20,22). The predicted octanol–water partition coefficient (Wildman–Crippen LogP) is 1.64. The molecule has 0 bridgehead atoms. The Morgan fingerprint density at radius 3 is 2.58 bits per heavy atom. The molecular formula is C18H23N3O3. The maximum atomic E-state index is 11.8. The van der Waals surface area contributed by atoms with Crippen molar-refractivity contribution in [2.24, 2.45) is 5.92 Å². The SMILES string of the molecule is Cc1ccc(OCC(=O)NCC2CCN(C(=O)CC#N)CC2)cc1. The largest absolute Gasteiger partial charge is 0.484 e. The number of hydrogen-bond donors (Lipinski definition) is 1. The van der Waals surface area contributed by atoms with Crippen molar-refractivity contribution in [3.8, 4) is 11.8 Å². The summed E-state index contributed by atoms with van der Waals surface area (Å²) in [5, 5.41) is 11.4. The minimum absolute atomic E-state index is 0.00254. The number of benzene rings is 1. The van der Waals surface area contributed by atoms with Crippen LogP contribution in [0.25, 0.3) is 0 Å². The molecule has 2 rings (SSSR count). The van der Waals surface area contributed by atoms with Crippen molar-refractivity contribution in [2.75, 3.05) is 26.2 Å². The Bertz CT molecular complexity index is 599. The highest BCUT2D eigenvalue weighted by Crippen LogP contribution is 2.17. The zero-order valence-corrected chi connectivity index (χ0v) is 14.0. The van der Waals surface area contributed by atoms with E-state index in [1.165, 1.54) is 0 Å². The number of carbonyl (C=O) groups is 2. The molecule has 0 atom stereocenters. The van der Waals surface area contributed by atoms with Gasteiger partial charge < -0.3 is 15.0 Å². The smallest absolute Gasteiger partial charge is 0.257 e. The van der Waals surface area contributed by atoms with Gasteiger partial charge in [-0.3, -0.25) is 9.59 Å². The van der Waals surface area contributed by atoms with Gasteiger partial charge in [0, 0.05) is 19.6 Å². The van der Waals surface area contributed by atoms with E-state index >= 15 is 0 Å². The van der Waals surface area contributed by atoms with Crippen molar-refractivity contribution in [3.63, 3.8) is 0 Å². The van der Waals surface area contributed by atoms with Gasteiger partial charge >= 0.3 is 0 Å². The molecule has 0 aliphatic carbocycles. The molecule has 0 spiro atoms. The topological polar surface area (TPSA) is 82.4 Å². The first-order valence-corrected chi connectivity index (χ1v) is 8.19. The summed E-state index contributed by atoms with van der Waals surface area (Å²) in [6.07, 6.45) is 1.63. The second kappa shape index (κ2) is 8.92. The van der Waals surface area contributed by atoms with Crippen LogP contribution in [0, 0.1) is 24.2 Å². The van der Waals surface area contributed by atoms with Crippen LogP contribution in [-0.4, -0.2) is 43.0 Å². The van der Waals surface area contributed by atoms with Crippen LogP contribution in [0.3, 0.4) is 0 Å². The van der Waals surface area contributed by atoms with E-state index in [9.17, 15) is 9.59 Å². The lowest BCUT2D eigenvalue weighted by atomic mass is 9.96. The molecule has 0 aromatic heterocycles. The van der Waals surface area contributed by atoms with Crippen molar-refractivity contribution < 1.29 is 14.3 Å². The van der Waals surface area contributed by atoms with E-state index in [0.717, 1.165) is 18.4 Å². The molecule has 1 aliphatic heterocycles. The van der Waals surface area contributed by atoms with Crippen molar-refractivity contribution in [2.45, 2.75) is 26.2 Å². The Morgan fingerprint density at radius 2 is 1.96 bits per heavy atom. The molecule has 1 aliphatic rings. The number of nitrogens with zero attached hydrogens (tertiary/aromatic N) is 2. The van der Waals surface area contributed by atoms with Crippen LogP contribution >= 0.6 is 0 Å². The Hall–Kier alpha value is -2.55. The molecule has 1 aromatic carbocycles.